The summed E-state index contributed by atoms with van der Waals surface area (Å²) in [7, 11) is 3.21. The van der Waals surface area contributed by atoms with Crippen LogP contribution in [0.3, 0.4) is 0 Å². The van der Waals surface area contributed by atoms with Crippen molar-refractivity contribution in [2.75, 3.05) is 40.5 Å². The quantitative estimate of drug-likeness (QED) is 0.643. The maximum absolute atomic E-state index is 13.2. The molecular weight excluding hydrogens is 372 g/mol. The molecule has 0 saturated carbocycles. The van der Waals surface area contributed by atoms with Crippen LogP contribution in [0.1, 0.15) is 32.1 Å². The Labute approximate surface area is 172 Å². The van der Waals surface area contributed by atoms with Gasteiger partial charge >= 0.3 is 0 Å². The number of fused-ring (bicyclic) bond motifs is 1. The Hall–Kier alpha value is -2.54. The number of hydrogen-bond acceptors (Lipinski definition) is 5. The molecule has 1 aromatic carbocycles. The van der Waals surface area contributed by atoms with E-state index in [1.165, 1.54) is 0 Å². The number of carbonyl (C=O) groups excluding carboxylic acids is 2. The molecule has 2 amide bonds. The molecule has 29 heavy (non-hydrogen) atoms. The van der Waals surface area contributed by atoms with Gasteiger partial charge in [0.2, 0.25) is 11.8 Å². The summed E-state index contributed by atoms with van der Waals surface area (Å²) in [4.78, 5) is 27.4. The maximum Gasteiger partial charge on any atom is 0.232 e. The maximum atomic E-state index is 13.2. The standard InChI is InChI=1S/C22H30N2O5/c1-27-16-14-24-19-9-5-6-11-22(19,12-10-20(24)25)21(26)23-13-15-29-18-8-4-3-7-17(18)28-2/h3-4,7-9H,5-6,10-16H2,1-2H3,(H,23,26). The van der Waals surface area contributed by atoms with Crippen molar-refractivity contribution in [1.29, 1.82) is 0 Å². The first-order valence-corrected chi connectivity index (χ1v) is 10.2. The van der Waals surface area contributed by atoms with Gasteiger partial charge in [-0.3, -0.25) is 9.59 Å². The van der Waals surface area contributed by atoms with Gasteiger partial charge in [0.25, 0.3) is 0 Å². The number of likely N-dealkylation sites (tertiary alicyclic amines) is 1. The van der Waals surface area contributed by atoms with E-state index in [1.807, 2.05) is 24.3 Å². The summed E-state index contributed by atoms with van der Waals surface area (Å²) in [5, 5.41) is 3.03. The van der Waals surface area contributed by atoms with E-state index in [1.54, 1.807) is 19.1 Å². The van der Waals surface area contributed by atoms with Crippen LogP contribution in [0.5, 0.6) is 11.5 Å². The van der Waals surface area contributed by atoms with Crippen molar-refractivity contribution in [3.8, 4) is 11.5 Å². The van der Waals surface area contributed by atoms with Crippen molar-refractivity contribution in [1.82, 2.24) is 10.2 Å². The number of carbonyl (C=O) groups is 2. The number of nitrogens with zero attached hydrogens (tertiary/aromatic N) is 1. The number of benzene rings is 1. The summed E-state index contributed by atoms with van der Waals surface area (Å²) in [6.45, 7) is 1.66. The first-order valence-electron chi connectivity index (χ1n) is 10.2. The van der Waals surface area contributed by atoms with Gasteiger partial charge < -0.3 is 24.4 Å². The molecule has 1 heterocycles. The Morgan fingerprint density at radius 2 is 1.97 bits per heavy atom. The Morgan fingerprint density at radius 3 is 2.72 bits per heavy atom. The summed E-state index contributed by atoms with van der Waals surface area (Å²) in [5.74, 6) is 1.35. The molecule has 1 aliphatic heterocycles. The number of methoxy groups -OCH3 is 2. The van der Waals surface area contributed by atoms with Gasteiger partial charge in [0.15, 0.2) is 11.5 Å². The third-order valence-electron chi connectivity index (χ3n) is 5.66. The highest BCUT2D eigenvalue weighted by Gasteiger charge is 2.49. The lowest BCUT2D eigenvalue weighted by Gasteiger charge is -2.46. The molecule has 7 nitrogen and oxygen atoms in total. The summed E-state index contributed by atoms with van der Waals surface area (Å²) < 4.78 is 16.2. The fourth-order valence-corrected chi connectivity index (χ4v) is 4.18. The zero-order valence-corrected chi connectivity index (χ0v) is 17.2. The van der Waals surface area contributed by atoms with E-state index in [0.29, 0.717) is 50.6 Å². The minimum Gasteiger partial charge on any atom is -0.493 e. The predicted octanol–water partition coefficient (Wildman–Crippen LogP) is 2.51. The van der Waals surface area contributed by atoms with Gasteiger partial charge in [-0.1, -0.05) is 18.2 Å². The molecule has 0 bridgehead atoms. The van der Waals surface area contributed by atoms with Crippen LogP contribution in [-0.4, -0.2) is 57.2 Å². The molecule has 1 fully saturated rings. The number of allylic oxidation sites excluding steroid dienone is 1. The van der Waals surface area contributed by atoms with Crippen LogP contribution in [0.2, 0.25) is 0 Å². The molecule has 2 aliphatic rings. The van der Waals surface area contributed by atoms with Crippen LogP contribution in [0.15, 0.2) is 36.0 Å². The Balaban J connectivity index is 1.63. The minimum absolute atomic E-state index is 0.0259. The van der Waals surface area contributed by atoms with E-state index in [4.69, 9.17) is 14.2 Å². The second-order valence-electron chi connectivity index (χ2n) is 7.36. The molecule has 0 aromatic heterocycles. The summed E-state index contributed by atoms with van der Waals surface area (Å²) in [5.41, 5.74) is 0.213. The van der Waals surface area contributed by atoms with Crippen molar-refractivity contribution in [2.45, 2.75) is 32.1 Å². The predicted molar refractivity (Wildman–Crippen MR) is 109 cm³/mol. The molecule has 1 aliphatic carbocycles. The summed E-state index contributed by atoms with van der Waals surface area (Å²) >= 11 is 0. The average Bonchev–Trinajstić information content (AvgIpc) is 2.76. The van der Waals surface area contributed by atoms with E-state index in [-0.39, 0.29) is 11.8 Å². The zero-order chi connectivity index (χ0) is 20.7. The van der Waals surface area contributed by atoms with Gasteiger partial charge in [0, 0.05) is 25.8 Å². The number of piperidine rings is 1. The molecule has 158 valence electrons. The first-order chi connectivity index (χ1) is 14.1. The number of rotatable bonds is 9. The molecule has 3 rings (SSSR count). The molecule has 0 spiro atoms. The third-order valence-corrected chi connectivity index (χ3v) is 5.66. The van der Waals surface area contributed by atoms with Gasteiger partial charge in [-0.25, -0.2) is 0 Å². The van der Waals surface area contributed by atoms with Crippen LogP contribution < -0.4 is 14.8 Å². The van der Waals surface area contributed by atoms with Crippen LogP contribution in [-0.2, 0) is 14.3 Å². The highest BCUT2D eigenvalue weighted by molar-refractivity contribution is 5.91. The molecule has 1 N–H and O–H groups in total. The Bertz CT molecular complexity index is 763. The van der Waals surface area contributed by atoms with Gasteiger partial charge in [-0.05, 0) is 37.8 Å². The van der Waals surface area contributed by atoms with Crippen LogP contribution in [0, 0.1) is 5.41 Å². The smallest absolute Gasteiger partial charge is 0.232 e. The summed E-state index contributed by atoms with van der Waals surface area (Å²) in [6, 6.07) is 7.42. The fourth-order valence-electron chi connectivity index (χ4n) is 4.18. The van der Waals surface area contributed by atoms with Crippen molar-refractivity contribution >= 4 is 11.8 Å². The van der Waals surface area contributed by atoms with Crippen molar-refractivity contribution < 1.29 is 23.8 Å². The second-order valence-corrected chi connectivity index (χ2v) is 7.36. The largest absolute Gasteiger partial charge is 0.493 e. The molecule has 7 heteroatoms. The van der Waals surface area contributed by atoms with Crippen molar-refractivity contribution in [3.63, 3.8) is 0 Å². The third kappa shape index (κ3) is 4.56. The van der Waals surface area contributed by atoms with Crippen molar-refractivity contribution in [3.05, 3.63) is 36.0 Å². The van der Waals surface area contributed by atoms with Gasteiger partial charge in [-0.2, -0.15) is 0 Å². The van der Waals surface area contributed by atoms with Crippen LogP contribution in [0.25, 0.3) is 0 Å². The first kappa shape index (κ1) is 21.2. The van der Waals surface area contributed by atoms with Gasteiger partial charge in [0.05, 0.1) is 25.7 Å². The number of hydrogen-bond donors (Lipinski definition) is 1. The molecule has 1 unspecified atom stereocenters. The second kappa shape index (κ2) is 9.78. The lowest BCUT2D eigenvalue weighted by Crippen LogP contribution is -2.53. The highest BCUT2D eigenvalue weighted by Crippen LogP contribution is 2.46. The fraction of sp³-hybridized carbons (Fsp3) is 0.545. The SMILES string of the molecule is COCCN1C(=O)CCC2(C(=O)NCCOc3ccccc3OC)CCCC=C12. The Morgan fingerprint density at radius 1 is 1.17 bits per heavy atom. The van der Waals surface area contributed by atoms with E-state index >= 15 is 0 Å². The average molecular weight is 402 g/mol. The molecule has 1 atom stereocenters. The molecular formula is C22H30N2O5. The Kier molecular flexibility index (Phi) is 7.14. The number of nitrogens with one attached hydrogen (secondary N) is 1. The van der Waals surface area contributed by atoms with E-state index < -0.39 is 5.41 Å². The highest BCUT2D eigenvalue weighted by atomic mass is 16.5. The molecule has 1 aromatic rings. The van der Waals surface area contributed by atoms with Gasteiger partial charge in [0.1, 0.15) is 6.61 Å². The van der Waals surface area contributed by atoms with E-state index in [9.17, 15) is 9.59 Å². The topological polar surface area (TPSA) is 77.1 Å². The summed E-state index contributed by atoms with van der Waals surface area (Å²) in [6.07, 6.45) is 5.58. The normalized spacial score (nSPS) is 21.2. The van der Waals surface area contributed by atoms with Gasteiger partial charge in [-0.15, -0.1) is 0 Å². The van der Waals surface area contributed by atoms with E-state index in [0.717, 1.165) is 25.0 Å². The molecule has 1 saturated heterocycles. The number of ether oxygens (including phenoxy) is 3. The van der Waals surface area contributed by atoms with Crippen LogP contribution >= 0.6 is 0 Å². The lowest BCUT2D eigenvalue weighted by atomic mass is 9.69. The monoisotopic (exact) mass is 402 g/mol. The lowest BCUT2D eigenvalue weighted by molar-refractivity contribution is -0.141. The number of para-hydroxylation sites is 2. The van der Waals surface area contributed by atoms with E-state index in [2.05, 4.69) is 11.4 Å². The molecule has 0 radical (unpaired) electrons. The number of amides is 2. The van der Waals surface area contributed by atoms with Crippen molar-refractivity contribution in [2.24, 2.45) is 5.41 Å². The van der Waals surface area contributed by atoms with Crippen LogP contribution in [0.4, 0.5) is 0 Å². The zero-order valence-electron chi connectivity index (χ0n) is 17.2. The minimum atomic E-state index is -0.635.